The third-order valence-corrected chi connectivity index (χ3v) is 1.81. The largest absolute Gasteiger partial charge is 0.478 e. The molecular formula is C11H11NO4. The maximum absolute atomic E-state index is 10.8. The summed E-state index contributed by atoms with van der Waals surface area (Å²) in [6.45, 7) is 5.03. The highest BCUT2D eigenvalue weighted by atomic mass is 16.7. The number of carboxylic acids is 1. The summed E-state index contributed by atoms with van der Waals surface area (Å²) in [5, 5.41) is 8.87. The molecule has 1 aromatic rings. The number of hydrogen-bond acceptors (Lipinski definition) is 3. The quantitative estimate of drug-likeness (QED) is 0.593. The topological polar surface area (TPSA) is 75.6 Å². The molecule has 0 heterocycles. The summed E-state index contributed by atoms with van der Waals surface area (Å²) in [7, 11) is 0. The number of rotatable bonds is 4. The Bertz CT molecular complexity index is 440. The van der Waals surface area contributed by atoms with Crippen LogP contribution in [-0.2, 0) is 4.79 Å². The minimum Gasteiger partial charge on any atom is -0.478 e. The van der Waals surface area contributed by atoms with Crippen LogP contribution < -0.4 is 10.3 Å². The fourth-order valence-electron chi connectivity index (χ4n) is 1.04. The van der Waals surface area contributed by atoms with Crippen molar-refractivity contribution in [3.63, 3.8) is 0 Å². The van der Waals surface area contributed by atoms with E-state index in [1.807, 2.05) is 0 Å². The monoisotopic (exact) mass is 221 g/mol. The van der Waals surface area contributed by atoms with Gasteiger partial charge in [0.05, 0.1) is 0 Å². The second kappa shape index (κ2) is 4.97. The van der Waals surface area contributed by atoms with Crippen LogP contribution in [-0.4, -0.2) is 17.0 Å². The zero-order valence-corrected chi connectivity index (χ0v) is 8.69. The van der Waals surface area contributed by atoms with Crippen LogP contribution in [0.15, 0.2) is 30.9 Å². The fraction of sp³-hybridized carbons (Fsp3) is 0.0909. The van der Waals surface area contributed by atoms with Gasteiger partial charge in [0.2, 0.25) is 0 Å². The van der Waals surface area contributed by atoms with Crippen molar-refractivity contribution < 1.29 is 19.5 Å². The molecular weight excluding hydrogens is 210 g/mol. The first-order valence-corrected chi connectivity index (χ1v) is 4.48. The third kappa shape index (κ3) is 2.84. The van der Waals surface area contributed by atoms with E-state index in [0.29, 0.717) is 0 Å². The fourth-order valence-corrected chi connectivity index (χ4v) is 1.04. The highest BCUT2D eigenvalue weighted by Crippen LogP contribution is 2.19. The molecule has 5 heteroatoms. The number of hydroxylamine groups is 1. The summed E-state index contributed by atoms with van der Waals surface area (Å²) in [6, 6.07) is 4.57. The molecule has 16 heavy (non-hydrogen) atoms. The molecule has 2 N–H and O–H groups in total. The number of carbonyl (C=O) groups excluding carboxylic acids is 1. The molecule has 5 nitrogen and oxygen atoms in total. The number of nitrogens with one attached hydrogen (secondary N) is 1. The lowest BCUT2D eigenvalue weighted by molar-refractivity contribution is -0.122. The van der Waals surface area contributed by atoms with E-state index in [1.54, 1.807) is 13.0 Å². The van der Waals surface area contributed by atoms with Crippen molar-refractivity contribution in [1.29, 1.82) is 0 Å². The van der Waals surface area contributed by atoms with Crippen LogP contribution in [0, 0.1) is 6.92 Å². The van der Waals surface area contributed by atoms with Crippen molar-refractivity contribution >= 4 is 11.9 Å². The van der Waals surface area contributed by atoms with Gasteiger partial charge in [-0.25, -0.2) is 4.79 Å². The highest BCUT2D eigenvalue weighted by molar-refractivity contribution is 5.91. The number of aryl methyl sites for hydroxylation is 1. The van der Waals surface area contributed by atoms with Crippen LogP contribution in [0.2, 0.25) is 0 Å². The number of carbonyl (C=O) groups is 2. The van der Waals surface area contributed by atoms with E-state index < -0.39 is 11.9 Å². The minimum absolute atomic E-state index is 0.0186. The molecule has 0 atom stereocenters. The molecule has 0 aliphatic heterocycles. The molecule has 1 aromatic carbocycles. The molecule has 1 rings (SSSR count). The molecule has 0 fully saturated rings. The Morgan fingerprint density at radius 3 is 2.75 bits per heavy atom. The number of aromatic carboxylic acids is 1. The Kier molecular flexibility index (Phi) is 3.66. The molecule has 0 bridgehead atoms. The summed E-state index contributed by atoms with van der Waals surface area (Å²) in [6.07, 6.45) is 1.02. The van der Waals surface area contributed by atoms with Crippen molar-refractivity contribution in [3.8, 4) is 5.75 Å². The molecule has 0 saturated carbocycles. The number of hydrogen-bond donors (Lipinski definition) is 2. The van der Waals surface area contributed by atoms with Crippen LogP contribution in [0.1, 0.15) is 15.9 Å². The SMILES string of the molecule is C=CC(=O)NOc1cc(C)ccc1C(=O)O. The van der Waals surface area contributed by atoms with Gasteiger partial charge in [-0.05, 0) is 30.7 Å². The Labute approximate surface area is 92.3 Å². The van der Waals surface area contributed by atoms with Crippen molar-refractivity contribution in [2.24, 2.45) is 0 Å². The van der Waals surface area contributed by atoms with Crippen LogP contribution in [0.25, 0.3) is 0 Å². The van der Waals surface area contributed by atoms with E-state index in [4.69, 9.17) is 9.94 Å². The average Bonchev–Trinajstić information content (AvgIpc) is 2.25. The van der Waals surface area contributed by atoms with Gasteiger partial charge in [-0.15, -0.1) is 0 Å². The summed E-state index contributed by atoms with van der Waals surface area (Å²) in [5.41, 5.74) is 2.86. The maximum Gasteiger partial charge on any atom is 0.339 e. The third-order valence-electron chi connectivity index (χ3n) is 1.81. The molecule has 0 aliphatic carbocycles. The Balaban J connectivity index is 2.92. The van der Waals surface area contributed by atoms with Crippen molar-refractivity contribution in [1.82, 2.24) is 5.48 Å². The molecule has 0 unspecified atom stereocenters. The van der Waals surface area contributed by atoms with E-state index in [-0.39, 0.29) is 11.3 Å². The van der Waals surface area contributed by atoms with Crippen molar-refractivity contribution in [2.75, 3.05) is 0 Å². The van der Waals surface area contributed by atoms with Gasteiger partial charge in [-0.2, -0.15) is 5.48 Å². The molecule has 0 saturated heterocycles. The normalized spacial score (nSPS) is 9.31. The second-order valence-corrected chi connectivity index (χ2v) is 3.08. The molecule has 0 aromatic heterocycles. The van der Waals surface area contributed by atoms with Crippen LogP contribution in [0.3, 0.4) is 0 Å². The highest BCUT2D eigenvalue weighted by Gasteiger charge is 2.12. The van der Waals surface area contributed by atoms with E-state index in [1.165, 1.54) is 12.1 Å². The summed E-state index contributed by atoms with van der Waals surface area (Å²) in [5.74, 6) is -1.58. The number of carboxylic acid groups (broad SMARTS) is 1. The van der Waals surface area contributed by atoms with Gasteiger partial charge in [0.1, 0.15) is 5.56 Å². The van der Waals surface area contributed by atoms with Gasteiger partial charge in [0, 0.05) is 0 Å². The zero-order chi connectivity index (χ0) is 12.1. The first kappa shape index (κ1) is 11.8. The summed E-state index contributed by atoms with van der Waals surface area (Å²) >= 11 is 0. The number of benzene rings is 1. The van der Waals surface area contributed by atoms with Gasteiger partial charge in [0.15, 0.2) is 5.75 Å². The van der Waals surface area contributed by atoms with Crippen molar-refractivity contribution in [3.05, 3.63) is 42.0 Å². The molecule has 0 spiro atoms. The van der Waals surface area contributed by atoms with E-state index >= 15 is 0 Å². The van der Waals surface area contributed by atoms with E-state index in [0.717, 1.165) is 11.6 Å². The molecule has 0 radical (unpaired) electrons. The van der Waals surface area contributed by atoms with E-state index in [9.17, 15) is 9.59 Å². The lowest BCUT2D eigenvalue weighted by atomic mass is 10.1. The first-order chi connectivity index (χ1) is 7.54. The summed E-state index contributed by atoms with van der Waals surface area (Å²) < 4.78 is 0. The number of amides is 1. The molecule has 84 valence electrons. The van der Waals surface area contributed by atoms with Gasteiger partial charge in [-0.3, -0.25) is 4.79 Å². The van der Waals surface area contributed by atoms with Gasteiger partial charge in [-0.1, -0.05) is 12.6 Å². The first-order valence-electron chi connectivity index (χ1n) is 4.48. The predicted molar refractivity (Wildman–Crippen MR) is 57.1 cm³/mol. The van der Waals surface area contributed by atoms with Gasteiger partial charge >= 0.3 is 5.97 Å². The lowest BCUT2D eigenvalue weighted by Gasteiger charge is -2.08. The Morgan fingerprint density at radius 2 is 2.19 bits per heavy atom. The predicted octanol–water partition coefficient (Wildman–Crippen LogP) is 1.29. The Morgan fingerprint density at radius 1 is 1.50 bits per heavy atom. The smallest absolute Gasteiger partial charge is 0.339 e. The van der Waals surface area contributed by atoms with Crippen LogP contribution >= 0.6 is 0 Å². The average molecular weight is 221 g/mol. The van der Waals surface area contributed by atoms with Gasteiger partial charge in [0.25, 0.3) is 5.91 Å². The molecule has 1 amide bonds. The minimum atomic E-state index is -1.12. The van der Waals surface area contributed by atoms with Crippen LogP contribution in [0.4, 0.5) is 0 Å². The maximum atomic E-state index is 10.8. The van der Waals surface area contributed by atoms with Crippen LogP contribution in [0.5, 0.6) is 5.75 Å². The second-order valence-electron chi connectivity index (χ2n) is 3.08. The standard InChI is InChI=1S/C11H11NO4/c1-3-10(13)12-16-9-6-7(2)4-5-8(9)11(14)15/h3-6H,1H2,2H3,(H,12,13)(H,14,15). The summed E-state index contributed by atoms with van der Waals surface area (Å²) in [4.78, 5) is 26.6. The zero-order valence-electron chi connectivity index (χ0n) is 8.69. The Hall–Kier alpha value is -2.30. The lowest BCUT2D eigenvalue weighted by Crippen LogP contribution is -2.25. The van der Waals surface area contributed by atoms with Crippen molar-refractivity contribution in [2.45, 2.75) is 6.92 Å². The van der Waals surface area contributed by atoms with Gasteiger partial charge < -0.3 is 9.94 Å². The van der Waals surface area contributed by atoms with E-state index in [2.05, 4.69) is 12.1 Å². The molecule has 0 aliphatic rings.